The predicted octanol–water partition coefficient (Wildman–Crippen LogP) is 8.14. The van der Waals surface area contributed by atoms with Crippen LogP contribution in [0.1, 0.15) is 131 Å². The van der Waals surface area contributed by atoms with Gasteiger partial charge in [-0.15, -0.1) is 11.3 Å². The van der Waals surface area contributed by atoms with Crippen LogP contribution in [0.5, 0.6) is 5.75 Å². The second-order valence-electron chi connectivity index (χ2n) is 20.6. The number of ether oxygens (including phenoxy) is 1. The normalized spacial score (nSPS) is 19.6. The van der Waals surface area contributed by atoms with Crippen molar-refractivity contribution in [2.24, 2.45) is 16.2 Å². The summed E-state index contributed by atoms with van der Waals surface area (Å²) < 4.78 is 6.34. The Balaban J connectivity index is 0.876. The van der Waals surface area contributed by atoms with Gasteiger partial charge in [0.2, 0.25) is 17.7 Å². The lowest BCUT2D eigenvalue weighted by molar-refractivity contribution is -0.164. The average molecular weight is 981 g/mol. The van der Waals surface area contributed by atoms with Crippen LogP contribution in [0.25, 0.3) is 10.4 Å². The van der Waals surface area contributed by atoms with E-state index >= 15 is 0 Å². The summed E-state index contributed by atoms with van der Waals surface area (Å²) in [6.07, 6.45) is 3.14. The minimum atomic E-state index is -0.894. The molecule has 368 valence electrons. The first-order valence-electron chi connectivity index (χ1n) is 23.7. The molecule has 2 fully saturated rings. The first-order valence-corrected chi connectivity index (χ1v) is 25.0. The number of likely N-dealkylation sites (tertiary alicyclic amines) is 1. The van der Waals surface area contributed by atoms with Crippen LogP contribution in [-0.4, -0.2) is 87.9 Å². The van der Waals surface area contributed by atoms with Crippen molar-refractivity contribution < 1.29 is 33.8 Å². The molecule has 2 aliphatic rings. The number of thiazole rings is 1. The fourth-order valence-corrected chi connectivity index (χ4v) is 10.9. The summed E-state index contributed by atoms with van der Waals surface area (Å²) in [4.78, 5) is 73.8. The van der Waals surface area contributed by atoms with Crippen molar-refractivity contribution in [2.45, 2.75) is 137 Å². The van der Waals surface area contributed by atoms with E-state index in [1.54, 1.807) is 53.8 Å². The quantitative estimate of drug-likeness (QED) is 0.0575. The molecule has 1 aliphatic carbocycles. The van der Waals surface area contributed by atoms with Crippen LogP contribution in [0.3, 0.4) is 0 Å². The Hall–Kier alpha value is -5.82. The van der Waals surface area contributed by atoms with E-state index in [1.807, 2.05) is 85.2 Å². The number of β-amino-alcohol motifs (C(OH)–C–C–N with tert-alkyl or cyclic N) is 1. The minimum absolute atomic E-state index is 0.00489. The van der Waals surface area contributed by atoms with Gasteiger partial charge in [0.25, 0.3) is 11.8 Å². The molecule has 69 heavy (non-hydrogen) atoms. The maximum absolute atomic E-state index is 14.0. The number of carbonyl (C=O) groups is 5. The topological polar surface area (TPSA) is 203 Å². The number of benzene rings is 3. The van der Waals surface area contributed by atoms with Crippen molar-refractivity contribution in [3.05, 3.63) is 105 Å². The average Bonchev–Trinajstić information content (AvgIpc) is 3.93. The first kappa shape index (κ1) is 52.5. The predicted molar refractivity (Wildman–Crippen MR) is 268 cm³/mol. The van der Waals surface area contributed by atoms with E-state index in [9.17, 15) is 34.3 Å². The van der Waals surface area contributed by atoms with Crippen LogP contribution in [0, 0.1) is 34.5 Å². The van der Waals surface area contributed by atoms with Gasteiger partial charge in [-0.05, 0) is 72.7 Å². The molecule has 1 aromatic heterocycles. The number of aliphatic hydroxyl groups excluding tert-OH is 1. The van der Waals surface area contributed by atoms with E-state index in [0.717, 1.165) is 47.4 Å². The smallest absolute Gasteiger partial charge is 0.251 e. The highest BCUT2D eigenvalue weighted by Gasteiger charge is 2.64. The highest BCUT2D eigenvalue weighted by Crippen LogP contribution is 2.55. The molecule has 0 radical (unpaired) electrons. The summed E-state index contributed by atoms with van der Waals surface area (Å²) in [6.45, 7) is 16.5. The number of aromatic nitrogens is 1. The van der Waals surface area contributed by atoms with E-state index in [-0.39, 0.29) is 61.7 Å². The van der Waals surface area contributed by atoms with Crippen LogP contribution in [-0.2, 0) is 20.9 Å². The molecule has 1 saturated heterocycles. The van der Waals surface area contributed by atoms with Crippen molar-refractivity contribution in [2.75, 3.05) is 13.1 Å². The second kappa shape index (κ2) is 22.3. The van der Waals surface area contributed by atoms with Crippen molar-refractivity contribution >= 4 is 52.5 Å². The maximum atomic E-state index is 14.0. The number of halogens is 1. The van der Waals surface area contributed by atoms with Gasteiger partial charge in [0.1, 0.15) is 30.0 Å². The Morgan fingerprint density at radius 1 is 0.913 bits per heavy atom. The molecule has 5 N–H and O–H groups in total. The Kier molecular flexibility index (Phi) is 17.0. The number of aliphatic hydroxyl groups is 1. The van der Waals surface area contributed by atoms with Crippen LogP contribution in [0.15, 0.2) is 72.2 Å². The number of unbranched alkanes of at least 4 members (excludes halogenated alkanes) is 4. The van der Waals surface area contributed by atoms with Crippen molar-refractivity contribution in [3.63, 3.8) is 0 Å². The third kappa shape index (κ3) is 12.7. The Morgan fingerprint density at radius 3 is 2.16 bits per heavy atom. The molecule has 14 nitrogen and oxygen atoms in total. The maximum Gasteiger partial charge on any atom is 0.251 e. The SMILES string of the molecule is Cc1ncsc1-c1ccc(CNC(=O)[C@@H]2C[C@@H](O)CN2C(=O)[C@@H](NC(=O)CCCCCCCNC(=O)c2ccc(C(=O)NC3C(C)(C)C(Oc4ccc(C#N)c(Cl)c4)C3(C)C)cc2)C(C)(C)C)cc1. The zero-order chi connectivity index (χ0) is 50.3. The molecule has 3 atom stereocenters. The molecule has 6 rings (SSSR count). The van der Waals surface area contributed by atoms with Gasteiger partial charge < -0.3 is 36.0 Å². The molecular weight excluding hydrogens is 914 g/mol. The molecule has 0 unspecified atom stereocenters. The fourth-order valence-electron chi connectivity index (χ4n) is 9.84. The Bertz CT molecular complexity index is 2510. The molecule has 4 aromatic rings. The van der Waals surface area contributed by atoms with Gasteiger partial charge in [-0.3, -0.25) is 24.0 Å². The zero-order valence-corrected chi connectivity index (χ0v) is 42.5. The second-order valence-corrected chi connectivity index (χ2v) is 21.9. The molecule has 1 saturated carbocycles. The van der Waals surface area contributed by atoms with E-state index in [2.05, 4.69) is 32.3 Å². The number of hydrogen-bond acceptors (Lipinski definition) is 10. The third-order valence-corrected chi connectivity index (χ3v) is 14.7. The lowest BCUT2D eigenvalue weighted by Crippen LogP contribution is -2.74. The molecular formula is C53H66ClN7O7S. The fraction of sp³-hybridized carbons (Fsp3) is 0.491. The van der Waals surface area contributed by atoms with Crippen LogP contribution in [0.2, 0.25) is 5.02 Å². The van der Waals surface area contributed by atoms with Gasteiger partial charge in [0.05, 0.1) is 32.8 Å². The summed E-state index contributed by atoms with van der Waals surface area (Å²) in [7, 11) is 0. The monoisotopic (exact) mass is 979 g/mol. The van der Waals surface area contributed by atoms with E-state index in [0.29, 0.717) is 40.4 Å². The Labute approximate surface area is 414 Å². The summed E-state index contributed by atoms with van der Waals surface area (Å²) in [6, 6.07) is 19.5. The number of nitriles is 1. The van der Waals surface area contributed by atoms with Gasteiger partial charge in [-0.2, -0.15) is 5.26 Å². The lowest BCUT2D eigenvalue weighted by Gasteiger charge is -2.63. The first-order chi connectivity index (χ1) is 32.6. The molecule has 16 heteroatoms. The van der Waals surface area contributed by atoms with E-state index in [4.69, 9.17) is 16.3 Å². The van der Waals surface area contributed by atoms with Gasteiger partial charge in [-0.1, -0.05) is 104 Å². The highest BCUT2D eigenvalue weighted by molar-refractivity contribution is 7.13. The minimum Gasteiger partial charge on any atom is -0.489 e. The number of hydrogen-bond donors (Lipinski definition) is 5. The summed E-state index contributed by atoms with van der Waals surface area (Å²) in [5.41, 5.74) is 4.49. The van der Waals surface area contributed by atoms with Gasteiger partial charge >= 0.3 is 0 Å². The molecule has 2 heterocycles. The summed E-state index contributed by atoms with van der Waals surface area (Å²) in [5, 5.41) is 32.1. The summed E-state index contributed by atoms with van der Waals surface area (Å²) in [5.74, 6) is -0.926. The molecule has 1 aliphatic heterocycles. The largest absolute Gasteiger partial charge is 0.489 e. The third-order valence-electron chi connectivity index (χ3n) is 13.4. The zero-order valence-electron chi connectivity index (χ0n) is 40.9. The van der Waals surface area contributed by atoms with Crippen molar-refractivity contribution in [1.29, 1.82) is 5.26 Å². The molecule has 5 amide bonds. The molecule has 3 aromatic carbocycles. The highest BCUT2D eigenvalue weighted by atomic mass is 35.5. The van der Waals surface area contributed by atoms with Gasteiger partial charge in [0, 0.05) is 66.5 Å². The number of nitrogens with zero attached hydrogens (tertiary/aromatic N) is 3. The Morgan fingerprint density at radius 2 is 1.55 bits per heavy atom. The van der Waals surface area contributed by atoms with Crippen LogP contribution in [0.4, 0.5) is 0 Å². The van der Waals surface area contributed by atoms with E-state index < -0.39 is 40.3 Å². The number of nitrogens with one attached hydrogen (secondary N) is 4. The molecule has 0 spiro atoms. The van der Waals surface area contributed by atoms with Crippen molar-refractivity contribution in [1.82, 2.24) is 31.2 Å². The van der Waals surface area contributed by atoms with Crippen LogP contribution >= 0.6 is 22.9 Å². The van der Waals surface area contributed by atoms with Gasteiger partial charge in [0.15, 0.2) is 0 Å². The lowest BCUT2D eigenvalue weighted by atomic mass is 9.49. The number of aryl methyl sites for hydroxylation is 1. The van der Waals surface area contributed by atoms with Crippen LogP contribution < -0.4 is 26.0 Å². The van der Waals surface area contributed by atoms with Crippen molar-refractivity contribution in [3.8, 4) is 22.3 Å². The molecule has 0 bridgehead atoms. The summed E-state index contributed by atoms with van der Waals surface area (Å²) >= 11 is 7.80. The van der Waals surface area contributed by atoms with E-state index in [1.165, 1.54) is 4.90 Å². The number of carbonyl (C=O) groups excluding carboxylic acids is 5. The standard InChI is InChI=1S/C53H66ClN7O7S/c1-32-43(69-31-58-32)34-17-15-33(16-18-34)29-57-47(66)41-26-38(62)30-61(41)48(67)44(51(2,3)4)59-42(63)14-12-10-9-11-13-25-56-45(64)35-19-21-36(22-20-35)46(65)60-49-52(5,6)50(53(49,7)8)68-39-24-23-37(28-55)40(54)27-39/h15-24,27,31,38,41,44,49-50,62H,9-14,25-26,29-30H2,1-8H3,(H,56,64)(H,57,66)(H,59,63)(H,60,65)/t38-,41+,44-,49?,50?/m1/s1. The number of amides is 5. The number of rotatable bonds is 19. The van der Waals surface area contributed by atoms with Gasteiger partial charge in [-0.25, -0.2) is 4.98 Å².